The molecule has 7 aromatic carbocycles. The van der Waals surface area contributed by atoms with Crippen molar-refractivity contribution >= 4 is 53.4 Å². The number of thiophene rings is 1. The number of hydrogen-bond donors (Lipinski definition) is 0. The molecule has 0 radical (unpaired) electrons. The van der Waals surface area contributed by atoms with Crippen LogP contribution in [0, 0.1) is 0 Å². The van der Waals surface area contributed by atoms with E-state index in [-0.39, 0.29) is 43.2 Å². The van der Waals surface area contributed by atoms with Crippen molar-refractivity contribution in [3.8, 4) is 56.4 Å². The summed E-state index contributed by atoms with van der Waals surface area (Å²) in [5.74, 6) is -0.0231. The third-order valence-electron chi connectivity index (χ3n) is 8.16. The monoisotopic (exact) mass is 672 g/mol. The Bertz CT molecular complexity index is 3740. The molecule has 0 unspecified atom stereocenters. The van der Waals surface area contributed by atoms with Gasteiger partial charge in [-0.2, -0.15) is 0 Å². The highest BCUT2D eigenvalue weighted by molar-refractivity contribution is 7.25. The van der Waals surface area contributed by atoms with Gasteiger partial charge in [-0.05, 0) is 70.7 Å². The quantitative estimate of drug-likeness (QED) is 0.183. The highest BCUT2D eigenvalue weighted by Gasteiger charge is 2.15. The Morgan fingerprint density at radius 1 is 0.420 bits per heavy atom. The highest BCUT2D eigenvalue weighted by atomic mass is 32.1. The Morgan fingerprint density at radius 2 is 1.04 bits per heavy atom. The summed E-state index contributed by atoms with van der Waals surface area (Å²) in [5.41, 5.74) is -0.401. The van der Waals surface area contributed by atoms with Crippen molar-refractivity contribution < 1.29 is 25.0 Å². The Kier molecular flexibility index (Phi) is 4.02. The molecule has 0 spiro atoms. The van der Waals surface area contributed by atoms with Crippen molar-refractivity contribution in [3.63, 3.8) is 0 Å². The lowest BCUT2D eigenvalue weighted by Crippen LogP contribution is -2.00. The first-order chi connectivity index (χ1) is 31.0. The normalized spacial score (nSPS) is 15.8. The molecule has 0 N–H and O–H groups in total. The van der Waals surface area contributed by atoms with E-state index in [1.54, 1.807) is 42.5 Å². The molecule has 0 aliphatic rings. The molecule has 10 aromatic rings. The molecule has 3 heterocycles. The fourth-order valence-electron chi connectivity index (χ4n) is 5.80. The van der Waals surface area contributed by atoms with Crippen LogP contribution in [0.4, 0.5) is 0 Å². The van der Waals surface area contributed by atoms with E-state index >= 15 is 0 Å². The van der Waals surface area contributed by atoms with E-state index in [1.165, 1.54) is 0 Å². The van der Waals surface area contributed by atoms with Gasteiger partial charge in [0, 0.05) is 47.6 Å². The number of benzene rings is 7. The smallest absolute Gasteiger partial charge is 0.164 e. The molecule has 50 heavy (non-hydrogen) atoms. The lowest BCUT2D eigenvalue weighted by Gasteiger charge is -2.10. The molecule has 0 bridgehead atoms. The van der Waals surface area contributed by atoms with Crippen LogP contribution in [0.1, 0.15) is 20.6 Å². The van der Waals surface area contributed by atoms with Crippen molar-refractivity contribution in [1.82, 2.24) is 15.0 Å². The number of rotatable bonds is 5. The van der Waals surface area contributed by atoms with Crippen LogP contribution in [0.25, 0.3) is 98.5 Å². The van der Waals surface area contributed by atoms with Crippen molar-refractivity contribution in [2.75, 3.05) is 0 Å². The molecule has 0 amide bonds. The van der Waals surface area contributed by atoms with Crippen LogP contribution in [0.15, 0.2) is 168 Å². The van der Waals surface area contributed by atoms with E-state index in [9.17, 15) is 4.11 Å². The molecular weight excluding hydrogens is 631 g/mol. The molecule has 0 fully saturated rings. The van der Waals surface area contributed by atoms with Gasteiger partial charge in [0.25, 0.3) is 0 Å². The zero-order valence-electron chi connectivity index (χ0n) is 40.6. The third-order valence-corrected chi connectivity index (χ3v) is 9.18. The average Bonchev–Trinajstić information content (AvgIpc) is 3.90. The van der Waals surface area contributed by atoms with E-state index in [0.29, 0.717) is 22.3 Å². The molecule has 0 aliphatic carbocycles. The molecule has 3 aromatic heterocycles. The number of hydrogen-bond acceptors (Lipinski definition) is 5. The minimum Gasteiger partial charge on any atom is -0.456 e. The zero-order valence-corrected chi connectivity index (χ0v) is 26.4. The van der Waals surface area contributed by atoms with Gasteiger partial charge < -0.3 is 4.42 Å². The standard InChI is InChI=1S/C45H27N3OS/c1-2-10-28(11-3-1)43-46-44(48-45(47-43)34-20-22-36-35-16-4-6-18-39(35)49-40(36)27-34)33-15-9-14-31(25-33)29-12-8-13-30(24-29)32-21-23-42-38(26-32)37-17-5-7-19-41(37)50-42/h1-27H/i5D,7D,8D,9D,12D,13D,14D,15D,17D,19D,21D,23D,24D,25D,26D. The first-order valence-corrected chi connectivity index (χ1v) is 16.2. The van der Waals surface area contributed by atoms with E-state index in [1.807, 2.05) is 30.3 Å². The van der Waals surface area contributed by atoms with Gasteiger partial charge in [-0.1, -0.05) is 115 Å². The predicted octanol–water partition coefficient (Wildman–Crippen LogP) is 12.5. The minimum atomic E-state index is -0.829. The predicted molar refractivity (Wildman–Crippen MR) is 207 cm³/mol. The van der Waals surface area contributed by atoms with Crippen LogP contribution >= 0.6 is 11.3 Å². The summed E-state index contributed by atoms with van der Waals surface area (Å²) in [7, 11) is 0. The van der Waals surface area contributed by atoms with Crippen LogP contribution in [0.5, 0.6) is 0 Å². The molecule has 0 aliphatic heterocycles. The lowest BCUT2D eigenvalue weighted by molar-refractivity contribution is 0.669. The van der Waals surface area contributed by atoms with Crippen molar-refractivity contribution in [3.05, 3.63) is 163 Å². The van der Waals surface area contributed by atoms with Gasteiger partial charge in [0.2, 0.25) is 0 Å². The summed E-state index contributed by atoms with van der Waals surface area (Å²) >= 11 is 0.796. The molecule has 5 heteroatoms. The fraction of sp³-hybridized carbons (Fsp3) is 0. The van der Waals surface area contributed by atoms with E-state index in [4.69, 9.17) is 30.8 Å². The van der Waals surface area contributed by atoms with Gasteiger partial charge in [-0.15, -0.1) is 11.3 Å². The summed E-state index contributed by atoms with van der Waals surface area (Å²) in [5, 5.41) is 1.50. The average molecular weight is 673 g/mol. The lowest BCUT2D eigenvalue weighted by atomic mass is 9.97. The van der Waals surface area contributed by atoms with E-state index in [0.717, 1.165) is 22.1 Å². The second-order valence-corrected chi connectivity index (χ2v) is 12.3. The summed E-state index contributed by atoms with van der Waals surface area (Å²) in [6, 6.07) is 11.9. The molecule has 0 saturated heterocycles. The van der Waals surface area contributed by atoms with Crippen molar-refractivity contribution in [2.45, 2.75) is 0 Å². The fourth-order valence-corrected chi connectivity index (χ4v) is 6.72. The summed E-state index contributed by atoms with van der Waals surface area (Å²) < 4.78 is 140. The highest BCUT2D eigenvalue weighted by Crippen LogP contribution is 2.38. The largest absolute Gasteiger partial charge is 0.456 e. The van der Waals surface area contributed by atoms with Crippen LogP contribution in [0.2, 0.25) is 0 Å². The first-order valence-electron chi connectivity index (χ1n) is 22.9. The van der Waals surface area contributed by atoms with Crippen LogP contribution < -0.4 is 0 Å². The first kappa shape index (κ1) is 17.3. The maximum atomic E-state index is 9.60. The van der Waals surface area contributed by atoms with Gasteiger partial charge in [0.05, 0.1) is 20.6 Å². The Morgan fingerprint density at radius 3 is 1.86 bits per heavy atom. The second-order valence-electron chi connectivity index (χ2n) is 11.2. The van der Waals surface area contributed by atoms with E-state index in [2.05, 4.69) is 4.98 Å². The summed E-state index contributed by atoms with van der Waals surface area (Å²) in [4.78, 5) is 14.1. The maximum Gasteiger partial charge on any atom is 0.164 e. The SMILES string of the molecule is [2H]c1c([2H])c(-c2nc(-c3ccccc3)nc(-c3ccc4c(c3)oc3ccccc34)n2)c([2H])c(-c2c([2H])c([2H])c([2H])c(-c3c([2H])c([2H])c4sc5c([2H])c([2H])c([2H])c([2H])c5c4c3[2H])c2[2H])c1[2H]. The van der Waals surface area contributed by atoms with Crippen LogP contribution in [0.3, 0.4) is 0 Å². The molecule has 0 atom stereocenters. The minimum absolute atomic E-state index is 0.00671. The molecule has 4 nitrogen and oxygen atoms in total. The molecule has 0 saturated carbocycles. The number of fused-ring (bicyclic) bond motifs is 6. The number of nitrogens with zero attached hydrogens (tertiary/aromatic N) is 3. The van der Waals surface area contributed by atoms with Gasteiger partial charge >= 0.3 is 0 Å². The summed E-state index contributed by atoms with van der Waals surface area (Å²) in [6.45, 7) is 0. The van der Waals surface area contributed by atoms with Gasteiger partial charge in [0.15, 0.2) is 17.5 Å². The van der Waals surface area contributed by atoms with Crippen LogP contribution in [-0.2, 0) is 0 Å². The van der Waals surface area contributed by atoms with E-state index < -0.39 is 113 Å². The number of furan rings is 1. The molecule has 10 rings (SSSR count). The van der Waals surface area contributed by atoms with Crippen molar-refractivity contribution in [1.29, 1.82) is 0 Å². The molecule has 234 valence electrons. The number of aromatic nitrogens is 3. The van der Waals surface area contributed by atoms with Crippen molar-refractivity contribution in [2.24, 2.45) is 0 Å². The zero-order chi connectivity index (χ0) is 46.1. The topological polar surface area (TPSA) is 51.8 Å². The second kappa shape index (κ2) is 11.6. The van der Waals surface area contributed by atoms with Crippen LogP contribution in [-0.4, -0.2) is 15.0 Å². The van der Waals surface area contributed by atoms with Gasteiger partial charge in [-0.3, -0.25) is 0 Å². The summed E-state index contributed by atoms with van der Waals surface area (Å²) in [6.07, 6.45) is 0. The Balaban J connectivity index is 1.24. The number of para-hydroxylation sites is 1. The third kappa shape index (κ3) is 4.95. The molecular formula is C45H27N3OS. The van der Waals surface area contributed by atoms with Gasteiger partial charge in [-0.25, -0.2) is 15.0 Å². The van der Waals surface area contributed by atoms with Gasteiger partial charge in [0.1, 0.15) is 11.2 Å². The maximum absolute atomic E-state index is 9.60. The Labute approximate surface area is 313 Å². The Hall–Kier alpha value is -6.43.